The number of amides is 1. The van der Waals surface area contributed by atoms with Gasteiger partial charge in [0.15, 0.2) is 5.82 Å². The molecule has 22 heavy (non-hydrogen) atoms. The Bertz CT molecular complexity index is 719. The zero-order valence-corrected chi connectivity index (χ0v) is 12.1. The van der Waals surface area contributed by atoms with E-state index in [2.05, 4.69) is 25.1 Å². The van der Waals surface area contributed by atoms with Crippen LogP contribution in [0.5, 0.6) is 0 Å². The fraction of sp³-hybridized carbons (Fsp3) is 0.188. The van der Waals surface area contributed by atoms with Crippen molar-refractivity contribution in [2.75, 3.05) is 5.32 Å². The van der Waals surface area contributed by atoms with E-state index in [9.17, 15) is 4.79 Å². The molecule has 0 radical (unpaired) electrons. The second-order valence-electron chi connectivity index (χ2n) is 4.99. The van der Waals surface area contributed by atoms with Gasteiger partial charge in [-0.15, -0.1) is 0 Å². The van der Waals surface area contributed by atoms with Gasteiger partial charge >= 0.3 is 0 Å². The Morgan fingerprint density at radius 3 is 2.86 bits per heavy atom. The molecule has 0 bridgehead atoms. The zero-order chi connectivity index (χ0) is 15.2. The topological polar surface area (TPSA) is 75.6 Å². The summed E-state index contributed by atoms with van der Waals surface area (Å²) in [5.41, 5.74) is 1.66. The van der Waals surface area contributed by atoms with E-state index in [0.717, 1.165) is 24.2 Å². The average Bonchev–Trinajstić information content (AvgIpc) is 3.21. The van der Waals surface area contributed by atoms with Crippen molar-refractivity contribution in [3.8, 4) is 11.4 Å². The van der Waals surface area contributed by atoms with Crippen LogP contribution in [0.4, 0.5) is 5.69 Å². The van der Waals surface area contributed by atoms with E-state index in [1.54, 1.807) is 0 Å². The molecule has 0 spiro atoms. The minimum absolute atomic E-state index is 0.0156. The first kappa shape index (κ1) is 14.1. The van der Waals surface area contributed by atoms with Crippen LogP contribution < -0.4 is 5.32 Å². The molecule has 0 aliphatic carbocycles. The number of rotatable bonds is 6. The van der Waals surface area contributed by atoms with Gasteiger partial charge in [-0.1, -0.05) is 12.1 Å². The number of nitrogens with one attached hydrogen (secondary N) is 2. The first-order valence-electron chi connectivity index (χ1n) is 7.18. The molecule has 3 aromatic rings. The maximum absolute atomic E-state index is 12.0. The minimum atomic E-state index is 0.0156. The molecule has 1 amide bonds. The molecule has 2 N–H and O–H groups in total. The van der Waals surface area contributed by atoms with Crippen molar-refractivity contribution in [3.05, 3.63) is 55.1 Å². The van der Waals surface area contributed by atoms with E-state index in [0.29, 0.717) is 12.2 Å². The molecule has 0 unspecified atom stereocenters. The summed E-state index contributed by atoms with van der Waals surface area (Å²) < 4.78 is 2.07. The summed E-state index contributed by atoms with van der Waals surface area (Å²) in [6, 6.07) is 11.5. The maximum atomic E-state index is 12.0. The van der Waals surface area contributed by atoms with E-state index in [-0.39, 0.29) is 5.91 Å². The van der Waals surface area contributed by atoms with Crippen LogP contribution in [-0.2, 0) is 11.3 Å². The largest absolute Gasteiger partial charge is 0.354 e. The monoisotopic (exact) mass is 295 g/mol. The third kappa shape index (κ3) is 3.60. The number of nitrogens with zero attached hydrogens (tertiary/aromatic N) is 3. The first-order chi connectivity index (χ1) is 10.8. The molecule has 0 saturated heterocycles. The predicted octanol–water partition coefficient (Wildman–Crippen LogP) is 2.69. The van der Waals surface area contributed by atoms with Crippen LogP contribution in [0.25, 0.3) is 11.4 Å². The summed E-state index contributed by atoms with van der Waals surface area (Å²) in [4.78, 5) is 16.1. The quantitative estimate of drug-likeness (QED) is 0.734. The number of hydrogen-bond donors (Lipinski definition) is 2. The molecule has 2 heterocycles. The van der Waals surface area contributed by atoms with Crippen LogP contribution >= 0.6 is 0 Å². The Balaban J connectivity index is 1.54. The Morgan fingerprint density at radius 2 is 2.09 bits per heavy atom. The molecule has 0 atom stereocenters. The van der Waals surface area contributed by atoms with Crippen LogP contribution in [0.2, 0.25) is 0 Å². The number of carbonyl (C=O) groups excluding carboxylic acids is 1. The number of H-pyrrole nitrogens is 1. The highest BCUT2D eigenvalue weighted by Gasteiger charge is 2.05. The van der Waals surface area contributed by atoms with Gasteiger partial charge in [-0.25, -0.2) is 4.98 Å². The molecule has 0 aliphatic heterocycles. The number of carbonyl (C=O) groups is 1. The van der Waals surface area contributed by atoms with Crippen molar-refractivity contribution >= 4 is 11.6 Å². The molecule has 1 aromatic carbocycles. The molecule has 0 aliphatic rings. The van der Waals surface area contributed by atoms with Crippen molar-refractivity contribution in [2.45, 2.75) is 19.4 Å². The molecule has 3 rings (SSSR count). The molecule has 0 fully saturated rings. The number of anilines is 1. The van der Waals surface area contributed by atoms with E-state index >= 15 is 0 Å². The van der Waals surface area contributed by atoms with Crippen molar-refractivity contribution < 1.29 is 4.79 Å². The number of hydrogen-bond acceptors (Lipinski definition) is 3. The van der Waals surface area contributed by atoms with E-state index in [4.69, 9.17) is 0 Å². The van der Waals surface area contributed by atoms with Gasteiger partial charge in [0.1, 0.15) is 6.33 Å². The van der Waals surface area contributed by atoms with Gasteiger partial charge in [0, 0.05) is 36.6 Å². The number of benzene rings is 1. The molecule has 0 saturated carbocycles. The van der Waals surface area contributed by atoms with E-state index < -0.39 is 0 Å². The Labute approximate surface area is 128 Å². The average molecular weight is 295 g/mol. The van der Waals surface area contributed by atoms with Crippen molar-refractivity contribution in [1.82, 2.24) is 19.7 Å². The summed E-state index contributed by atoms with van der Waals surface area (Å²) in [5, 5.41) is 9.55. The first-order valence-corrected chi connectivity index (χ1v) is 7.18. The van der Waals surface area contributed by atoms with Crippen LogP contribution in [0.1, 0.15) is 12.8 Å². The van der Waals surface area contributed by atoms with Gasteiger partial charge in [0.25, 0.3) is 0 Å². The van der Waals surface area contributed by atoms with E-state index in [1.807, 2.05) is 48.8 Å². The molecule has 6 heteroatoms. The second kappa shape index (κ2) is 6.71. The van der Waals surface area contributed by atoms with Gasteiger partial charge in [-0.3, -0.25) is 9.89 Å². The number of aromatic nitrogens is 4. The Hall–Kier alpha value is -2.89. The van der Waals surface area contributed by atoms with Gasteiger partial charge in [0.2, 0.25) is 5.91 Å². The van der Waals surface area contributed by atoms with Crippen molar-refractivity contribution in [1.29, 1.82) is 0 Å². The normalized spacial score (nSPS) is 10.5. The molecule has 6 nitrogen and oxygen atoms in total. The van der Waals surface area contributed by atoms with Gasteiger partial charge < -0.3 is 9.88 Å². The zero-order valence-electron chi connectivity index (χ0n) is 12.1. The van der Waals surface area contributed by atoms with Crippen LogP contribution in [-0.4, -0.2) is 25.7 Å². The summed E-state index contributed by atoms with van der Waals surface area (Å²) in [7, 11) is 0. The van der Waals surface area contributed by atoms with E-state index in [1.165, 1.54) is 6.33 Å². The molecular formula is C16H17N5O. The highest BCUT2D eigenvalue weighted by Crippen LogP contribution is 2.18. The van der Waals surface area contributed by atoms with Crippen LogP contribution in [0.15, 0.2) is 55.1 Å². The third-order valence-electron chi connectivity index (χ3n) is 3.32. The van der Waals surface area contributed by atoms with Crippen molar-refractivity contribution in [3.63, 3.8) is 0 Å². The highest BCUT2D eigenvalue weighted by molar-refractivity contribution is 5.91. The third-order valence-corrected chi connectivity index (χ3v) is 3.32. The maximum Gasteiger partial charge on any atom is 0.224 e. The summed E-state index contributed by atoms with van der Waals surface area (Å²) in [6.45, 7) is 0.846. The second-order valence-corrected chi connectivity index (χ2v) is 4.99. The predicted molar refractivity (Wildman–Crippen MR) is 84.1 cm³/mol. The lowest BCUT2D eigenvalue weighted by Crippen LogP contribution is -2.12. The fourth-order valence-corrected chi connectivity index (χ4v) is 2.25. The SMILES string of the molecule is O=C(CCCn1cccc1)Nc1cccc(-c2ncn[nH]2)c1. The Kier molecular flexibility index (Phi) is 4.29. The van der Waals surface area contributed by atoms with Crippen LogP contribution in [0, 0.1) is 0 Å². The molecule has 112 valence electrons. The lowest BCUT2D eigenvalue weighted by molar-refractivity contribution is -0.116. The number of aryl methyl sites for hydroxylation is 1. The molecular weight excluding hydrogens is 278 g/mol. The highest BCUT2D eigenvalue weighted by atomic mass is 16.1. The van der Waals surface area contributed by atoms with Crippen LogP contribution in [0.3, 0.4) is 0 Å². The fourth-order valence-electron chi connectivity index (χ4n) is 2.25. The summed E-state index contributed by atoms with van der Waals surface area (Å²) in [5.74, 6) is 0.700. The minimum Gasteiger partial charge on any atom is -0.354 e. The number of aromatic amines is 1. The Morgan fingerprint density at radius 1 is 1.23 bits per heavy atom. The van der Waals surface area contributed by atoms with Gasteiger partial charge in [-0.2, -0.15) is 5.10 Å². The van der Waals surface area contributed by atoms with Crippen molar-refractivity contribution in [2.24, 2.45) is 0 Å². The standard InChI is InChI=1S/C16H17N5O/c22-15(7-4-10-21-8-1-2-9-21)19-14-6-3-5-13(11-14)16-17-12-18-20-16/h1-3,5-6,8-9,11-12H,4,7,10H2,(H,19,22)(H,17,18,20). The summed E-state index contributed by atoms with van der Waals surface area (Å²) in [6.07, 6.45) is 6.76. The van der Waals surface area contributed by atoms with Gasteiger partial charge in [0.05, 0.1) is 0 Å². The summed E-state index contributed by atoms with van der Waals surface area (Å²) >= 11 is 0. The smallest absolute Gasteiger partial charge is 0.224 e. The lowest BCUT2D eigenvalue weighted by atomic mass is 10.2. The molecule has 2 aromatic heterocycles. The van der Waals surface area contributed by atoms with Gasteiger partial charge in [-0.05, 0) is 30.7 Å². The lowest BCUT2D eigenvalue weighted by Gasteiger charge is -2.07.